The highest BCUT2D eigenvalue weighted by Gasteiger charge is 2.47. The molecule has 1 aromatic heterocycles. The van der Waals surface area contributed by atoms with E-state index in [2.05, 4.69) is 10.3 Å². The van der Waals surface area contributed by atoms with Gasteiger partial charge in [-0.25, -0.2) is 14.2 Å². The fourth-order valence-electron chi connectivity index (χ4n) is 5.27. The van der Waals surface area contributed by atoms with Gasteiger partial charge in [0.2, 0.25) is 5.91 Å². The first-order valence-electron chi connectivity index (χ1n) is 12.1. The van der Waals surface area contributed by atoms with Crippen LogP contribution in [0.1, 0.15) is 36.4 Å². The van der Waals surface area contributed by atoms with Gasteiger partial charge in [-0.15, -0.1) is 11.3 Å². The molecular formula is C25H25ClFN5O5S. The summed E-state index contributed by atoms with van der Waals surface area (Å²) < 4.78 is 19.9. The number of rotatable bonds is 7. The maximum Gasteiger partial charge on any atom is 0.338 e. The van der Waals surface area contributed by atoms with Gasteiger partial charge in [-0.1, -0.05) is 23.7 Å². The number of carbonyl (C=O) groups excluding carboxylic acids is 2. The summed E-state index contributed by atoms with van der Waals surface area (Å²) in [6.45, 7) is 2.44. The van der Waals surface area contributed by atoms with E-state index in [9.17, 15) is 23.9 Å². The van der Waals surface area contributed by atoms with Crippen LogP contribution in [0.4, 0.5) is 4.39 Å². The molecule has 3 atom stereocenters. The van der Waals surface area contributed by atoms with Crippen LogP contribution in [0.15, 0.2) is 46.0 Å². The van der Waals surface area contributed by atoms with Gasteiger partial charge in [0.1, 0.15) is 17.9 Å². The van der Waals surface area contributed by atoms with Crippen LogP contribution < -0.4 is 5.32 Å². The third-order valence-electron chi connectivity index (χ3n) is 6.91. The van der Waals surface area contributed by atoms with Crippen molar-refractivity contribution >= 4 is 46.6 Å². The number of ether oxygens (including phenoxy) is 1. The molecule has 2 N–H and O–H groups in total. The number of thiazole rings is 1. The summed E-state index contributed by atoms with van der Waals surface area (Å²) in [7, 11) is 0. The Morgan fingerprint density at radius 3 is 2.87 bits per heavy atom. The molecule has 1 amide bonds. The molecule has 10 nitrogen and oxygen atoms in total. The van der Waals surface area contributed by atoms with Crippen molar-refractivity contribution in [3.8, 4) is 0 Å². The number of benzene rings is 1. The SMILES string of the molecule is CCOC(=O)C1=C(CN2CCN3C(=O)CC[C@@H]3[C@H]2C(=O)O)NC(c2nccs2)=N[C@H]1c1cccc(F)c1Cl. The zero-order valence-electron chi connectivity index (χ0n) is 20.4. The molecule has 0 aliphatic carbocycles. The molecule has 0 bridgehead atoms. The van der Waals surface area contributed by atoms with E-state index < -0.39 is 35.9 Å². The van der Waals surface area contributed by atoms with E-state index in [4.69, 9.17) is 21.3 Å². The lowest BCUT2D eigenvalue weighted by Gasteiger charge is -2.43. The molecule has 200 valence electrons. The zero-order chi connectivity index (χ0) is 27.0. The summed E-state index contributed by atoms with van der Waals surface area (Å²) in [6.07, 6.45) is 2.35. The highest BCUT2D eigenvalue weighted by Crippen LogP contribution is 2.38. The average molecular weight is 562 g/mol. The first kappa shape index (κ1) is 26.3. The molecule has 2 saturated heterocycles. The Morgan fingerprint density at radius 1 is 1.34 bits per heavy atom. The lowest BCUT2D eigenvalue weighted by molar-refractivity contribution is -0.149. The molecule has 2 aromatic rings. The molecule has 3 aliphatic heterocycles. The number of fused-ring (bicyclic) bond motifs is 1. The van der Waals surface area contributed by atoms with Crippen LogP contribution in [0.5, 0.6) is 0 Å². The van der Waals surface area contributed by atoms with E-state index in [0.29, 0.717) is 35.9 Å². The second-order valence-corrected chi connectivity index (χ2v) is 10.3. The summed E-state index contributed by atoms with van der Waals surface area (Å²) in [5, 5.41) is 15.4. The van der Waals surface area contributed by atoms with Crippen LogP contribution in [0, 0.1) is 5.82 Å². The van der Waals surface area contributed by atoms with Crippen molar-refractivity contribution < 1.29 is 28.6 Å². The molecular weight excluding hydrogens is 537 g/mol. The van der Waals surface area contributed by atoms with Gasteiger partial charge in [-0.3, -0.25) is 19.5 Å². The lowest BCUT2D eigenvalue weighted by Crippen LogP contribution is -2.62. The van der Waals surface area contributed by atoms with E-state index in [0.717, 1.165) is 0 Å². The smallest absolute Gasteiger partial charge is 0.338 e. The van der Waals surface area contributed by atoms with Crippen LogP contribution >= 0.6 is 22.9 Å². The monoisotopic (exact) mass is 561 g/mol. The maximum absolute atomic E-state index is 14.5. The number of hydrogen-bond acceptors (Lipinski definition) is 9. The summed E-state index contributed by atoms with van der Waals surface area (Å²) in [4.78, 5) is 50.4. The fraction of sp³-hybridized carbons (Fsp3) is 0.400. The van der Waals surface area contributed by atoms with Crippen molar-refractivity contribution in [1.82, 2.24) is 20.1 Å². The van der Waals surface area contributed by atoms with Crippen molar-refractivity contribution in [3.63, 3.8) is 0 Å². The van der Waals surface area contributed by atoms with Crippen molar-refractivity contribution in [3.05, 3.63) is 62.5 Å². The number of amides is 1. The topological polar surface area (TPSA) is 124 Å². The third kappa shape index (κ3) is 4.79. The van der Waals surface area contributed by atoms with E-state index >= 15 is 0 Å². The van der Waals surface area contributed by atoms with E-state index in [1.54, 1.807) is 34.4 Å². The highest BCUT2D eigenvalue weighted by molar-refractivity contribution is 7.11. The van der Waals surface area contributed by atoms with Gasteiger partial charge >= 0.3 is 11.9 Å². The second kappa shape index (κ2) is 10.8. The fourth-order valence-corrected chi connectivity index (χ4v) is 6.09. The summed E-state index contributed by atoms with van der Waals surface area (Å²) in [5.41, 5.74) is 0.732. The molecule has 13 heteroatoms. The number of amidine groups is 1. The molecule has 0 radical (unpaired) electrons. The number of carbonyl (C=O) groups is 3. The highest BCUT2D eigenvalue weighted by atomic mass is 35.5. The predicted molar refractivity (Wildman–Crippen MR) is 137 cm³/mol. The largest absolute Gasteiger partial charge is 0.480 e. The Balaban J connectivity index is 1.61. The van der Waals surface area contributed by atoms with E-state index in [1.165, 1.54) is 23.5 Å². The summed E-state index contributed by atoms with van der Waals surface area (Å²) in [6, 6.07) is 1.83. The number of nitrogens with zero attached hydrogens (tertiary/aromatic N) is 4. The number of carboxylic acid groups (broad SMARTS) is 1. The molecule has 5 rings (SSSR count). The van der Waals surface area contributed by atoms with Crippen molar-refractivity contribution in [2.75, 3.05) is 26.2 Å². The first-order valence-corrected chi connectivity index (χ1v) is 13.4. The number of esters is 1. The standard InChI is InChI=1S/C25H25ClFN5O5S/c1-2-37-25(36)18-15(12-31-9-10-32-16(6-7-17(32)33)21(31)24(34)35)29-22(23-28-8-11-38-23)30-20(18)13-4-3-5-14(27)19(13)26/h3-5,8,11,16,20-21H,2,6-7,9-10,12H2,1H3,(H,29,30)(H,34,35)/t16-,20+,21+/m1/s1. The molecule has 0 saturated carbocycles. The second-order valence-electron chi connectivity index (χ2n) is 9.04. The number of nitrogens with one attached hydrogen (secondary N) is 1. The molecule has 2 fully saturated rings. The van der Waals surface area contributed by atoms with Crippen molar-refractivity contribution in [2.24, 2.45) is 4.99 Å². The van der Waals surface area contributed by atoms with E-state index in [1.807, 2.05) is 0 Å². The summed E-state index contributed by atoms with van der Waals surface area (Å²) >= 11 is 7.67. The predicted octanol–water partition coefficient (Wildman–Crippen LogP) is 2.60. The average Bonchev–Trinajstić information content (AvgIpc) is 3.55. The van der Waals surface area contributed by atoms with Crippen LogP contribution in [0.2, 0.25) is 5.02 Å². The Kier molecular flexibility index (Phi) is 7.46. The number of aliphatic carboxylic acids is 1. The normalized spacial score (nSPS) is 23.7. The van der Waals surface area contributed by atoms with Crippen LogP contribution in [-0.2, 0) is 19.1 Å². The Labute approximate surface area is 226 Å². The maximum atomic E-state index is 14.5. The number of halogens is 2. The van der Waals surface area contributed by atoms with Crippen LogP contribution in [0.25, 0.3) is 0 Å². The van der Waals surface area contributed by atoms with Crippen molar-refractivity contribution in [2.45, 2.75) is 37.9 Å². The van der Waals surface area contributed by atoms with Crippen LogP contribution in [0.3, 0.4) is 0 Å². The minimum atomic E-state index is -1.05. The van der Waals surface area contributed by atoms with Gasteiger partial charge < -0.3 is 20.1 Å². The molecule has 1 aromatic carbocycles. The lowest BCUT2D eigenvalue weighted by atomic mass is 9.94. The molecule has 0 unspecified atom stereocenters. The zero-order valence-corrected chi connectivity index (χ0v) is 22.0. The quantitative estimate of drug-likeness (QED) is 0.494. The van der Waals surface area contributed by atoms with Gasteiger partial charge in [0.05, 0.1) is 23.2 Å². The van der Waals surface area contributed by atoms with Gasteiger partial charge in [-0.2, -0.15) is 0 Å². The molecule has 3 aliphatic rings. The number of piperazine rings is 1. The minimum Gasteiger partial charge on any atom is -0.480 e. The Bertz CT molecular complexity index is 1330. The number of carboxylic acids is 1. The van der Waals surface area contributed by atoms with Gasteiger partial charge in [0.25, 0.3) is 0 Å². The number of aliphatic imine (C=N–C) groups is 1. The number of hydrogen-bond donors (Lipinski definition) is 2. The molecule has 38 heavy (non-hydrogen) atoms. The minimum absolute atomic E-state index is 0.0253. The van der Waals surface area contributed by atoms with Crippen LogP contribution in [-0.4, -0.2) is 81.9 Å². The molecule has 0 spiro atoms. The van der Waals surface area contributed by atoms with Crippen molar-refractivity contribution in [1.29, 1.82) is 0 Å². The Morgan fingerprint density at radius 2 is 2.16 bits per heavy atom. The van der Waals surface area contributed by atoms with Gasteiger partial charge in [0, 0.05) is 48.9 Å². The first-order chi connectivity index (χ1) is 18.3. The Hall–Kier alpha value is -3.35. The third-order valence-corrected chi connectivity index (χ3v) is 8.09. The van der Waals surface area contributed by atoms with Gasteiger partial charge in [-0.05, 0) is 19.4 Å². The van der Waals surface area contributed by atoms with Gasteiger partial charge in [0.15, 0.2) is 10.8 Å². The number of aromatic nitrogens is 1. The molecule has 4 heterocycles. The van der Waals surface area contributed by atoms with E-state index in [-0.39, 0.29) is 41.8 Å². The summed E-state index contributed by atoms with van der Waals surface area (Å²) in [5.74, 6) is -2.10.